The Bertz CT molecular complexity index is 436. The maximum absolute atomic E-state index is 13.5. The van der Waals surface area contributed by atoms with Gasteiger partial charge in [0.25, 0.3) is 7.52 Å². The quantitative estimate of drug-likeness (QED) is 0.591. The fourth-order valence-corrected chi connectivity index (χ4v) is 5.20. The molecule has 1 atom stereocenters. The van der Waals surface area contributed by atoms with Crippen LogP contribution in [0.5, 0.6) is 0 Å². The number of hydrogen-bond donors (Lipinski definition) is 0. The van der Waals surface area contributed by atoms with E-state index in [0.29, 0.717) is 6.61 Å². The van der Waals surface area contributed by atoms with Crippen molar-refractivity contribution in [2.24, 2.45) is 11.3 Å². The molecule has 1 rings (SSSR count). The molecule has 7 heteroatoms. The van der Waals surface area contributed by atoms with Gasteiger partial charge in [0.2, 0.25) is 0 Å². The van der Waals surface area contributed by atoms with Crippen LogP contribution >= 0.6 is 7.52 Å². The number of alkyl halides is 3. The van der Waals surface area contributed by atoms with Crippen LogP contribution in [0.1, 0.15) is 60.8 Å². The average Bonchev–Trinajstić information content (AvgIpc) is 2.43. The first-order chi connectivity index (χ1) is 10.2. The summed E-state index contributed by atoms with van der Waals surface area (Å²) in [6.45, 7) is 12.3. The van der Waals surface area contributed by atoms with Crippen molar-refractivity contribution in [3.8, 4) is 0 Å². The number of halogens is 3. The zero-order chi connectivity index (χ0) is 18.1. The van der Waals surface area contributed by atoms with Gasteiger partial charge in [0.15, 0.2) is 0 Å². The first-order valence-corrected chi connectivity index (χ1v) is 9.87. The fourth-order valence-electron chi connectivity index (χ4n) is 2.52. The molecule has 1 aliphatic heterocycles. The lowest BCUT2D eigenvalue weighted by atomic mass is 9.92. The van der Waals surface area contributed by atoms with Gasteiger partial charge >= 0.3 is 6.18 Å². The first kappa shape index (κ1) is 21.0. The summed E-state index contributed by atoms with van der Waals surface area (Å²) in [6, 6.07) is 0. The van der Waals surface area contributed by atoms with E-state index in [2.05, 4.69) is 0 Å². The van der Waals surface area contributed by atoms with Gasteiger partial charge in [-0.1, -0.05) is 20.8 Å². The number of hydrogen-bond acceptors (Lipinski definition) is 2. The van der Waals surface area contributed by atoms with Crippen LogP contribution in [-0.4, -0.2) is 35.7 Å². The zero-order valence-corrected chi connectivity index (χ0v) is 16.1. The van der Waals surface area contributed by atoms with Gasteiger partial charge in [0, 0.05) is 13.1 Å². The van der Waals surface area contributed by atoms with Crippen LogP contribution in [0.15, 0.2) is 0 Å². The van der Waals surface area contributed by atoms with E-state index in [4.69, 9.17) is 4.52 Å². The summed E-state index contributed by atoms with van der Waals surface area (Å²) in [5.41, 5.74) is -0.106. The second-order valence-electron chi connectivity index (χ2n) is 8.25. The molecule has 0 spiro atoms. The van der Waals surface area contributed by atoms with Crippen molar-refractivity contribution in [1.29, 1.82) is 0 Å². The van der Waals surface area contributed by atoms with Crippen molar-refractivity contribution in [2.45, 2.75) is 72.1 Å². The second kappa shape index (κ2) is 7.05. The van der Waals surface area contributed by atoms with Gasteiger partial charge in [-0.15, -0.1) is 0 Å². The maximum Gasteiger partial charge on any atom is 0.391 e. The third kappa shape index (κ3) is 5.20. The van der Waals surface area contributed by atoms with Crippen molar-refractivity contribution in [2.75, 3.05) is 19.7 Å². The predicted molar refractivity (Wildman–Crippen MR) is 87.7 cm³/mol. The van der Waals surface area contributed by atoms with E-state index in [1.165, 1.54) is 0 Å². The van der Waals surface area contributed by atoms with Gasteiger partial charge in [-0.25, -0.2) is 4.67 Å². The van der Waals surface area contributed by atoms with Crippen molar-refractivity contribution in [1.82, 2.24) is 4.67 Å². The lowest BCUT2D eigenvalue weighted by Gasteiger charge is -2.43. The number of nitrogens with zero attached hydrogens (tertiary/aromatic N) is 1. The highest BCUT2D eigenvalue weighted by molar-refractivity contribution is 7.58. The van der Waals surface area contributed by atoms with Crippen molar-refractivity contribution in [3.05, 3.63) is 0 Å². The van der Waals surface area contributed by atoms with Crippen LogP contribution in [0, 0.1) is 11.3 Å². The molecule has 0 radical (unpaired) electrons. The van der Waals surface area contributed by atoms with E-state index in [-0.39, 0.29) is 31.3 Å². The van der Waals surface area contributed by atoms with Crippen LogP contribution in [0.3, 0.4) is 0 Å². The third-order valence-corrected chi connectivity index (χ3v) is 8.06. The smallest absolute Gasteiger partial charge is 0.316 e. The molecule has 1 fully saturated rings. The minimum absolute atomic E-state index is 0.00982. The summed E-state index contributed by atoms with van der Waals surface area (Å²) in [5, 5.41) is -0.623. The van der Waals surface area contributed by atoms with E-state index in [9.17, 15) is 17.7 Å². The van der Waals surface area contributed by atoms with Crippen LogP contribution in [0.25, 0.3) is 0 Å². The molecule has 0 aromatic rings. The lowest BCUT2D eigenvalue weighted by molar-refractivity contribution is -0.183. The normalized spacial score (nSPS) is 22.1. The molecule has 0 amide bonds. The molecule has 1 unspecified atom stereocenters. The van der Waals surface area contributed by atoms with Crippen molar-refractivity contribution in [3.63, 3.8) is 0 Å². The lowest BCUT2D eigenvalue weighted by Crippen LogP contribution is -2.41. The Labute approximate surface area is 138 Å². The van der Waals surface area contributed by atoms with Crippen LogP contribution in [-0.2, 0) is 9.09 Å². The molecular weight excluding hydrogens is 326 g/mol. The Morgan fingerprint density at radius 3 is 1.91 bits per heavy atom. The average molecular weight is 357 g/mol. The number of piperidine rings is 1. The van der Waals surface area contributed by atoms with E-state index < -0.39 is 24.8 Å². The minimum Gasteiger partial charge on any atom is -0.316 e. The summed E-state index contributed by atoms with van der Waals surface area (Å²) in [7, 11) is -3.20. The van der Waals surface area contributed by atoms with Crippen LogP contribution in [0.4, 0.5) is 13.2 Å². The highest BCUT2D eigenvalue weighted by Gasteiger charge is 2.49. The highest BCUT2D eigenvalue weighted by atomic mass is 31.2. The first-order valence-electron chi connectivity index (χ1n) is 8.30. The Kier molecular flexibility index (Phi) is 6.43. The molecule has 1 heterocycles. The summed E-state index contributed by atoms with van der Waals surface area (Å²) in [4.78, 5) is 0. The molecule has 138 valence electrons. The molecule has 0 saturated carbocycles. The van der Waals surface area contributed by atoms with Gasteiger partial charge in [0.05, 0.1) is 17.7 Å². The molecule has 3 nitrogen and oxygen atoms in total. The molecule has 0 bridgehead atoms. The van der Waals surface area contributed by atoms with Crippen molar-refractivity contribution < 1.29 is 22.3 Å². The minimum atomic E-state index is -4.16. The van der Waals surface area contributed by atoms with Crippen molar-refractivity contribution >= 4 is 7.52 Å². The molecule has 0 N–H and O–H groups in total. The standard InChI is InChI=1S/C16H31F3NO2P/c1-7-15(5,6)12-22-23(21,14(2,3)4)20-10-8-13(9-11-20)16(17,18)19/h13H,7-12H2,1-6H3. The fraction of sp³-hybridized carbons (Fsp3) is 1.00. The van der Waals surface area contributed by atoms with E-state index in [1.54, 1.807) is 4.67 Å². The molecule has 0 aromatic heterocycles. The van der Waals surface area contributed by atoms with Gasteiger partial charge in [-0.05, 0) is 45.4 Å². The Balaban J connectivity index is 2.87. The third-order valence-electron chi connectivity index (χ3n) is 4.74. The SMILES string of the molecule is CCC(C)(C)COP(=O)(N1CCC(C(F)(F)F)CC1)C(C)(C)C. The topological polar surface area (TPSA) is 29.5 Å². The van der Waals surface area contributed by atoms with E-state index in [0.717, 1.165) is 6.42 Å². The molecule has 23 heavy (non-hydrogen) atoms. The predicted octanol–water partition coefficient (Wildman–Crippen LogP) is 5.71. The molecule has 0 aliphatic carbocycles. The van der Waals surface area contributed by atoms with Gasteiger partial charge in [-0.2, -0.15) is 13.2 Å². The molecule has 0 aromatic carbocycles. The summed E-state index contributed by atoms with van der Waals surface area (Å²) < 4.78 is 59.6. The van der Waals surface area contributed by atoms with E-state index in [1.807, 2.05) is 41.5 Å². The number of rotatable bonds is 5. The molecule has 1 saturated heterocycles. The Hall–Kier alpha value is -0.0600. The summed E-state index contributed by atoms with van der Waals surface area (Å²) in [6.07, 6.45) is -3.30. The highest BCUT2D eigenvalue weighted by Crippen LogP contribution is 2.63. The van der Waals surface area contributed by atoms with Gasteiger partial charge in [-0.3, -0.25) is 4.57 Å². The Morgan fingerprint density at radius 1 is 1.09 bits per heavy atom. The largest absolute Gasteiger partial charge is 0.391 e. The maximum atomic E-state index is 13.5. The summed E-state index contributed by atoms with van der Waals surface area (Å²) in [5.74, 6) is -1.29. The van der Waals surface area contributed by atoms with E-state index >= 15 is 0 Å². The Morgan fingerprint density at radius 2 is 1.57 bits per heavy atom. The molecular formula is C16H31F3NO2P. The monoisotopic (exact) mass is 357 g/mol. The van der Waals surface area contributed by atoms with Crippen LogP contribution in [0.2, 0.25) is 0 Å². The van der Waals surface area contributed by atoms with Gasteiger partial charge < -0.3 is 4.52 Å². The summed E-state index contributed by atoms with van der Waals surface area (Å²) >= 11 is 0. The van der Waals surface area contributed by atoms with Gasteiger partial charge in [0.1, 0.15) is 0 Å². The second-order valence-corrected chi connectivity index (χ2v) is 11.5. The molecule has 1 aliphatic rings. The van der Waals surface area contributed by atoms with Crippen LogP contribution < -0.4 is 0 Å². The zero-order valence-electron chi connectivity index (χ0n) is 15.2.